The SMILES string of the molecule is COc1ccc(-c2nc(SCC(=O)N3CC[NH+](CC(=O)N(C)C)CC3)n[nH]2)cc1. The van der Waals surface area contributed by atoms with Crippen molar-refractivity contribution < 1.29 is 19.2 Å². The molecule has 1 fully saturated rings. The minimum Gasteiger partial charge on any atom is -0.497 e. The van der Waals surface area contributed by atoms with Crippen LogP contribution in [0, 0.1) is 0 Å². The second-order valence-corrected chi connectivity index (χ2v) is 8.02. The first kappa shape index (κ1) is 21.1. The molecule has 1 saturated heterocycles. The molecule has 156 valence electrons. The second-order valence-electron chi connectivity index (χ2n) is 7.08. The van der Waals surface area contributed by atoms with E-state index in [1.54, 1.807) is 26.1 Å². The minimum atomic E-state index is 0.0729. The van der Waals surface area contributed by atoms with Crippen LogP contribution in [0.1, 0.15) is 0 Å². The number of nitrogens with zero attached hydrogens (tertiary/aromatic N) is 4. The molecule has 0 atom stereocenters. The van der Waals surface area contributed by atoms with E-state index in [1.165, 1.54) is 16.7 Å². The van der Waals surface area contributed by atoms with Gasteiger partial charge in [-0.15, -0.1) is 5.10 Å². The number of H-pyrrole nitrogens is 1. The van der Waals surface area contributed by atoms with Gasteiger partial charge in [0.05, 0.1) is 39.0 Å². The van der Waals surface area contributed by atoms with E-state index in [0.29, 0.717) is 36.4 Å². The van der Waals surface area contributed by atoms with E-state index in [9.17, 15) is 9.59 Å². The maximum absolute atomic E-state index is 12.5. The highest BCUT2D eigenvalue weighted by atomic mass is 32.2. The number of hydrogen-bond donors (Lipinski definition) is 2. The maximum Gasteiger partial charge on any atom is 0.277 e. The molecule has 2 amide bonds. The first-order chi connectivity index (χ1) is 14.0. The molecule has 2 aromatic rings. The summed E-state index contributed by atoms with van der Waals surface area (Å²) in [4.78, 5) is 33.5. The number of rotatable bonds is 7. The van der Waals surface area contributed by atoms with Crippen molar-refractivity contribution in [3.05, 3.63) is 24.3 Å². The third kappa shape index (κ3) is 5.70. The van der Waals surface area contributed by atoms with Crippen LogP contribution in [0.4, 0.5) is 0 Å². The molecule has 0 aliphatic carbocycles. The van der Waals surface area contributed by atoms with Gasteiger partial charge in [-0.05, 0) is 24.3 Å². The molecule has 1 aromatic heterocycles. The Morgan fingerprint density at radius 3 is 2.55 bits per heavy atom. The van der Waals surface area contributed by atoms with Crippen LogP contribution in [0.3, 0.4) is 0 Å². The largest absolute Gasteiger partial charge is 0.497 e. The number of quaternary nitrogens is 1. The van der Waals surface area contributed by atoms with Crippen LogP contribution in [-0.2, 0) is 9.59 Å². The summed E-state index contributed by atoms with van der Waals surface area (Å²) in [5, 5.41) is 7.65. The summed E-state index contributed by atoms with van der Waals surface area (Å²) >= 11 is 1.32. The molecule has 0 spiro atoms. The van der Waals surface area contributed by atoms with E-state index in [0.717, 1.165) is 24.4 Å². The number of aromatic amines is 1. The van der Waals surface area contributed by atoms with Crippen molar-refractivity contribution in [1.82, 2.24) is 25.0 Å². The zero-order valence-electron chi connectivity index (χ0n) is 17.0. The molecule has 29 heavy (non-hydrogen) atoms. The Labute approximate surface area is 174 Å². The van der Waals surface area contributed by atoms with Gasteiger partial charge in [-0.3, -0.25) is 14.7 Å². The summed E-state index contributed by atoms with van der Waals surface area (Å²) in [5.74, 6) is 1.93. The quantitative estimate of drug-likeness (QED) is 0.582. The van der Waals surface area contributed by atoms with Crippen molar-refractivity contribution in [3.8, 4) is 17.1 Å². The van der Waals surface area contributed by atoms with Gasteiger partial charge in [-0.2, -0.15) is 0 Å². The highest BCUT2D eigenvalue weighted by Gasteiger charge is 2.25. The molecule has 9 nitrogen and oxygen atoms in total. The number of likely N-dealkylation sites (N-methyl/N-ethyl adjacent to an activating group) is 1. The Bertz CT molecular complexity index is 831. The van der Waals surface area contributed by atoms with Gasteiger partial charge >= 0.3 is 0 Å². The van der Waals surface area contributed by atoms with Gasteiger partial charge in [0.2, 0.25) is 11.1 Å². The Balaban J connectivity index is 1.45. The molecule has 2 heterocycles. The summed E-state index contributed by atoms with van der Waals surface area (Å²) < 4.78 is 5.16. The second kappa shape index (κ2) is 9.75. The summed E-state index contributed by atoms with van der Waals surface area (Å²) in [6, 6.07) is 7.54. The van der Waals surface area contributed by atoms with Crippen molar-refractivity contribution >= 4 is 23.6 Å². The number of methoxy groups -OCH3 is 1. The van der Waals surface area contributed by atoms with Crippen molar-refractivity contribution in [2.24, 2.45) is 0 Å². The number of thioether (sulfide) groups is 1. The fourth-order valence-electron chi connectivity index (χ4n) is 3.03. The molecular weight excluding hydrogens is 392 g/mol. The Morgan fingerprint density at radius 2 is 1.93 bits per heavy atom. The van der Waals surface area contributed by atoms with Gasteiger partial charge in [0.15, 0.2) is 12.4 Å². The van der Waals surface area contributed by atoms with Crippen molar-refractivity contribution in [3.63, 3.8) is 0 Å². The normalized spacial score (nSPS) is 14.7. The molecule has 3 rings (SSSR count). The molecule has 0 radical (unpaired) electrons. The zero-order chi connectivity index (χ0) is 20.8. The molecule has 10 heteroatoms. The van der Waals surface area contributed by atoms with Gasteiger partial charge in [0, 0.05) is 19.7 Å². The highest BCUT2D eigenvalue weighted by Crippen LogP contribution is 2.21. The lowest BCUT2D eigenvalue weighted by Gasteiger charge is -2.32. The first-order valence-electron chi connectivity index (χ1n) is 9.47. The number of amides is 2. The number of nitrogens with one attached hydrogen (secondary N) is 2. The van der Waals surface area contributed by atoms with E-state index < -0.39 is 0 Å². The van der Waals surface area contributed by atoms with Crippen molar-refractivity contribution in [2.75, 3.05) is 59.7 Å². The van der Waals surface area contributed by atoms with E-state index in [1.807, 2.05) is 29.2 Å². The molecule has 0 unspecified atom stereocenters. The number of aromatic nitrogens is 3. The predicted molar refractivity (Wildman–Crippen MR) is 110 cm³/mol. The average Bonchev–Trinajstić information content (AvgIpc) is 3.21. The molecule has 1 aliphatic rings. The van der Waals surface area contributed by atoms with Crippen LogP contribution in [0.15, 0.2) is 29.4 Å². The Hall–Kier alpha value is -2.59. The highest BCUT2D eigenvalue weighted by molar-refractivity contribution is 7.99. The van der Waals surface area contributed by atoms with Gasteiger partial charge in [-0.1, -0.05) is 11.8 Å². The van der Waals surface area contributed by atoms with E-state index in [4.69, 9.17) is 4.74 Å². The average molecular weight is 420 g/mol. The van der Waals surface area contributed by atoms with Gasteiger partial charge in [0.1, 0.15) is 5.75 Å². The van der Waals surface area contributed by atoms with E-state index in [-0.39, 0.29) is 11.8 Å². The lowest BCUT2D eigenvalue weighted by Crippen LogP contribution is -3.15. The lowest BCUT2D eigenvalue weighted by molar-refractivity contribution is -0.896. The molecule has 1 aromatic carbocycles. The monoisotopic (exact) mass is 419 g/mol. The van der Waals surface area contributed by atoms with E-state index >= 15 is 0 Å². The van der Waals surface area contributed by atoms with Crippen LogP contribution >= 0.6 is 11.8 Å². The minimum absolute atomic E-state index is 0.0729. The number of piperazine rings is 1. The van der Waals surface area contributed by atoms with Gasteiger partial charge in [0.25, 0.3) is 5.91 Å². The van der Waals surface area contributed by atoms with E-state index in [2.05, 4.69) is 15.2 Å². The summed E-state index contributed by atoms with van der Waals surface area (Å²) in [6.07, 6.45) is 0. The van der Waals surface area contributed by atoms with Crippen LogP contribution in [-0.4, -0.2) is 96.5 Å². The summed E-state index contributed by atoms with van der Waals surface area (Å²) in [7, 11) is 5.16. The van der Waals surface area contributed by atoms with Crippen LogP contribution in [0.25, 0.3) is 11.4 Å². The molecule has 2 N–H and O–H groups in total. The fraction of sp³-hybridized carbons (Fsp3) is 0.474. The van der Waals surface area contributed by atoms with Gasteiger partial charge in [-0.25, -0.2) is 4.98 Å². The third-order valence-electron chi connectivity index (χ3n) is 4.88. The summed E-state index contributed by atoms with van der Waals surface area (Å²) in [5.41, 5.74) is 0.905. The van der Waals surface area contributed by atoms with Crippen LogP contribution in [0.2, 0.25) is 0 Å². The summed E-state index contributed by atoms with van der Waals surface area (Å²) in [6.45, 7) is 3.40. The van der Waals surface area contributed by atoms with Crippen LogP contribution < -0.4 is 9.64 Å². The molecule has 1 aliphatic heterocycles. The van der Waals surface area contributed by atoms with Crippen molar-refractivity contribution in [2.45, 2.75) is 5.16 Å². The first-order valence-corrected chi connectivity index (χ1v) is 10.5. The number of carbonyl (C=O) groups is 2. The number of benzene rings is 1. The number of carbonyl (C=O) groups excluding carboxylic acids is 2. The number of ether oxygens (including phenoxy) is 1. The molecule has 0 saturated carbocycles. The Morgan fingerprint density at radius 1 is 1.24 bits per heavy atom. The zero-order valence-corrected chi connectivity index (χ0v) is 17.8. The fourth-order valence-corrected chi connectivity index (χ4v) is 3.73. The smallest absolute Gasteiger partial charge is 0.277 e. The van der Waals surface area contributed by atoms with Gasteiger partial charge < -0.3 is 19.4 Å². The molecular formula is C19H27N6O3S+. The Kier molecular flexibility index (Phi) is 7.10. The number of hydrogen-bond acceptors (Lipinski definition) is 6. The van der Waals surface area contributed by atoms with Crippen molar-refractivity contribution in [1.29, 1.82) is 0 Å². The third-order valence-corrected chi connectivity index (χ3v) is 5.71. The standard InChI is InChI=1S/C19H26N6O3S/c1-23(2)16(26)12-24-8-10-25(11-9-24)17(27)13-29-19-20-18(21-22-19)14-4-6-15(28-3)7-5-14/h4-7H,8-13H2,1-3H3,(H,20,21,22)/p+1. The molecule has 0 bridgehead atoms. The maximum atomic E-state index is 12.5. The topological polar surface area (TPSA) is 95.9 Å². The van der Waals surface area contributed by atoms with Crippen LogP contribution in [0.5, 0.6) is 5.75 Å². The lowest BCUT2D eigenvalue weighted by atomic mass is 10.2. The predicted octanol–water partition coefficient (Wildman–Crippen LogP) is -0.612.